The van der Waals surface area contributed by atoms with Gasteiger partial charge in [-0.3, -0.25) is 9.48 Å². The van der Waals surface area contributed by atoms with E-state index < -0.39 is 5.97 Å². The van der Waals surface area contributed by atoms with Crippen LogP contribution in [0, 0.1) is 27.7 Å². The lowest BCUT2D eigenvalue weighted by atomic mass is 10.1. The quantitative estimate of drug-likeness (QED) is 0.816. The lowest BCUT2D eigenvalue weighted by molar-refractivity contribution is -0.116. The van der Waals surface area contributed by atoms with Gasteiger partial charge >= 0.3 is 5.97 Å². The summed E-state index contributed by atoms with van der Waals surface area (Å²) in [7, 11) is 0. The SMILES string of the molecule is CCOC(=O)c1c(NC(=O)Cn2nc(C)c(Cl)c2C)sc(C)c1C. The minimum Gasteiger partial charge on any atom is -0.462 e. The van der Waals surface area contributed by atoms with Gasteiger partial charge in [-0.25, -0.2) is 4.79 Å². The fourth-order valence-electron chi connectivity index (χ4n) is 2.30. The normalized spacial score (nSPS) is 10.8. The second-order valence-electron chi connectivity index (χ2n) is 5.40. The van der Waals surface area contributed by atoms with Gasteiger partial charge in [0.2, 0.25) is 5.91 Å². The van der Waals surface area contributed by atoms with Crippen LogP contribution in [0.4, 0.5) is 5.00 Å². The summed E-state index contributed by atoms with van der Waals surface area (Å²) in [5.41, 5.74) is 2.65. The molecule has 0 spiro atoms. The highest BCUT2D eigenvalue weighted by Gasteiger charge is 2.22. The van der Waals surface area contributed by atoms with Gasteiger partial charge in [0.1, 0.15) is 11.5 Å². The van der Waals surface area contributed by atoms with Crippen molar-refractivity contribution < 1.29 is 14.3 Å². The van der Waals surface area contributed by atoms with Gasteiger partial charge in [0.15, 0.2) is 0 Å². The number of anilines is 1. The summed E-state index contributed by atoms with van der Waals surface area (Å²) < 4.78 is 6.63. The summed E-state index contributed by atoms with van der Waals surface area (Å²) in [5.74, 6) is -0.701. The average molecular weight is 370 g/mol. The molecule has 2 aromatic heterocycles. The number of nitrogens with one attached hydrogen (secondary N) is 1. The molecular formula is C16H20ClN3O3S. The van der Waals surface area contributed by atoms with Crippen LogP contribution in [0.1, 0.15) is 39.1 Å². The third-order valence-electron chi connectivity index (χ3n) is 3.70. The largest absolute Gasteiger partial charge is 0.462 e. The molecule has 0 aliphatic carbocycles. The standard InChI is InChI=1S/C16H20ClN3O3S/c1-6-23-16(22)13-8(2)11(5)24-15(13)18-12(21)7-20-10(4)14(17)9(3)19-20/h6-7H2,1-5H3,(H,18,21). The van der Waals surface area contributed by atoms with Crippen LogP contribution in [-0.2, 0) is 16.1 Å². The summed E-state index contributed by atoms with van der Waals surface area (Å²) >= 11 is 7.45. The number of esters is 1. The molecule has 0 saturated heterocycles. The minimum absolute atomic E-state index is 0.0255. The number of hydrogen-bond acceptors (Lipinski definition) is 5. The van der Waals surface area contributed by atoms with Crippen LogP contribution in [0.5, 0.6) is 0 Å². The second kappa shape index (κ2) is 7.36. The fourth-order valence-corrected chi connectivity index (χ4v) is 3.50. The first-order valence-corrected chi connectivity index (χ1v) is 8.72. The molecule has 0 bridgehead atoms. The van der Waals surface area contributed by atoms with Crippen molar-refractivity contribution in [3.63, 3.8) is 0 Å². The molecular weight excluding hydrogens is 350 g/mol. The number of nitrogens with zero attached hydrogens (tertiary/aromatic N) is 2. The molecule has 2 rings (SSSR count). The highest BCUT2D eigenvalue weighted by atomic mass is 35.5. The van der Waals surface area contributed by atoms with E-state index >= 15 is 0 Å². The Bertz CT molecular complexity index is 795. The van der Waals surface area contributed by atoms with E-state index in [2.05, 4.69) is 10.4 Å². The van der Waals surface area contributed by atoms with E-state index in [1.807, 2.05) is 13.8 Å². The minimum atomic E-state index is -0.427. The average Bonchev–Trinajstić information content (AvgIpc) is 2.91. The number of aromatic nitrogens is 2. The molecule has 1 amide bonds. The van der Waals surface area contributed by atoms with E-state index in [-0.39, 0.29) is 19.1 Å². The zero-order valence-corrected chi connectivity index (χ0v) is 15.9. The number of rotatable bonds is 5. The van der Waals surface area contributed by atoms with Crippen LogP contribution in [0.15, 0.2) is 0 Å². The Balaban J connectivity index is 2.21. The van der Waals surface area contributed by atoms with Gasteiger partial charge in [-0.05, 0) is 40.2 Å². The Kier molecular flexibility index (Phi) is 5.66. The third-order valence-corrected chi connectivity index (χ3v) is 5.37. The van der Waals surface area contributed by atoms with Gasteiger partial charge in [0, 0.05) is 4.88 Å². The molecule has 0 aliphatic heterocycles. The van der Waals surface area contributed by atoms with Crippen LogP contribution >= 0.6 is 22.9 Å². The first-order chi connectivity index (χ1) is 11.3. The molecule has 0 aromatic carbocycles. The Labute approximate surface area is 149 Å². The molecule has 2 aromatic rings. The van der Waals surface area contributed by atoms with E-state index in [0.29, 0.717) is 21.3 Å². The fraction of sp³-hybridized carbons (Fsp3) is 0.438. The van der Waals surface area contributed by atoms with Crippen molar-refractivity contribution in [1.29, 1.82) is 0 Å². The number of halogens is 1. The smallest absolute Gasteiger partial charge is 0.341 e. The van der Waals surface area contributed by atoms with Crippen molar-refractivity contribution in [2.24, 2.45) is 0 Å². The molecule has 0 atom stereocenters. The van der Waals surface area contributed by atoms with Gasteiger partial charge in [0.05, 0.1) is 28.6 Å². The number of amides is 1. The molecule has 24 heavy (non-hydrogen) atoms. The maximum absolute atomic E-state index is 12.3. The molecule has 6 nitrogen and oxygen atoms in total. The van der Waals surface area contributed by atoms with Crippen molar-refractivity contribution >= 4 is 39.8 Å². The molecule has 0 fully saturated rings. The number of ether oxygens (including phenoxy) is 1. The molecule has 1 N–H and O–H groups in total. The highest BCUT2D eigenvalue weighted by Crippen LogP contribution is 2.33. The zero-order valence-electron chi connectivity index (χ0n) is 14.3. The van der Waals surface area contributed by atoms with Crippen molar-refractivity contribution in [2.75, 3.05) is 11.9 Å². The van der Waals surface area contributed by atoms with E-state index in [1.165, 1.54) is 11.3 Å². The first-order valence-electron chi connectivity index (χ1n) is 7.52. The Morgan fingerprint density at radius 3 is 2.50 bits per heavy atom. The van der Waals surface area contributed by atoms with Crippen molar-refractivity contribution in [3.05, 3.63) is 32.4 Å². The van der Waals surface area contributed by atoms with Crippen LogP contribution in [0.25, 0.3) is 0 Å². The molecule has 0 saturated carbocycles. The molecule has 0 aliphatic rings. The predicted octanol–water partition coefficient (Wildman–Crippen LogP) is 3.65. The molecule has 0 radical (unpaired) electrons. The number of thiophene rings is 1. The van der Waals surface area contributed by atoms with E-state index in [1.54, 1.807) is 25.5 Å². The second-order valence-corrected chi connectivity index (χ2v) is 7.00. The van der Waals surface area contributed by atoms with Crippen molar-refractivity contribution in [2.45, 2.75) is 41.2 Å². The molecule has 2 heterocycles. The first kappa shape index (κ1) is 18.5. The van der Waals surface area contributed by atoms with Crippen molar-refractivity contribution in [1.82, 2.24) is 9.78 Å². The lowest BCUT2D eigenvalue weighted by Crippen LogP contribution is -2.21. The third kappa shape index (κ3) is 3.62. The molecule has 0 unspecified atom stereocenters. The topological polar surface area (TPSA) is 73.2 Å². The van der Waals surface area contributed by atoms with Crippen LogP contribution in [0.2, 0.25) is 5.02 Å². The Morgan fingerprint density at radius 2 is 1.96 bits per heavy atom. The predicted molar refractivity (Wildman–Crippen MR) is 95.1 cm³/mol. The number of carbonyl (C=O) groups is 2. The summed E-state index contributed by atoms with van der Waals surface area (Å²) in [4.78, 5) is 25.4. The van der Waals surface area contributed by atoms with Crippen LogP contribution in [-0.4, -0.2) is 28.3 Å². The lowest BCUT2D eigenvalue weighted by Gasteiger charge is -2.08. The van der Waals surface area contributed by atoms with E-state index in [9.17, 15) is 9.59 Å². The number of carbonyl (C=O) groups excluding carboxylic acids is 2. The summed E-state index contributed by atoms with van der Waals surface area (Å²) in [6, 6.07) is 0. The van der Waals surface area contributed by atoms with Gasteiger partial charge in [-0.1, -0.05) is 11.6 Å². The summed E-state index contributed by atoms with van der Waals surface area (Å²) in [6.45, 7) is 9.39. The van der Waals surface area contributed by atoms with Crippen molar-refractivity contribution in [3.8, 4) is 0 Å². The van der Waals surface area contributed by atoms with Gasteiger partial charge < -0.3 is 10.1 Å². The monoisotopic (exact) mass is 369 g/mol. The Morgan fingerprint density at radius 1 is 1.29 bits per heavy atom. The van der Waals surface area contributed by atoms with Crippen LogP contribution < -0.4 is 5.32 Å². The number of hydrogen-bond donors (Lipinski definition) is 1. The zero-order chi connectivity index (χ0) is 18.0. The summed E-state index contributed by atoms with van der Waals surface area (Å²) in [6.07, 6.45) is 0. The van der Waals surface area contributed by atoms with Gasteiger partial charge in [-0.2, -0.15) is 5.10 Å². The van der Waals surface area contributed by atoms with E-state index in [0.717, 1.165) is 16.1 Å². The van der Waals surface area contributed by atoms with Gasteiger partial charge in [0.25, 0.3) is 0 Å². The van der Waals surface area contributed by atoms with E-state index in [4.69, 9.17) is 16.3 Å². The van der Waals surface area contributed by atoms with Gasteiger partial charge in [-0.15, -0.1) is 11.3 Å². The summed E-state index contributed by atoms with van der Waals surface area (Å²) in [5, 5.41) is 8.08. The van der Waals surface area contributed by atoms with Crippen LogP contribution in [0.3, 0.4) is 0 Å². The highest BCUT2D eigenvalue weighted by molar-refractivity contribution is 7.16. The maximum atomic E-state index is 12.3. The molecule has 130 valence electrons. The molecule has 8 heteroatoms. The Hall–Kier alpha value is -1.86. The number of aryl methyl sites for hydroxylation is 2. The maximum Gasteiger partial charge on any atom is 0.341 e.